The molecule has 0 radical (unpaired) electrons. The summed E-state index contributed by atoms with van der Waals surface area (Å²) < 4.78 is 31.0. The first-order valence-corrected chi connectivity index (χ1v) is 11.6. The lowest BCUT2D eigenvalue weighted by atomic mass is 9.72. The van der Waals surface area contributed by atoms with E-state index < -0.39 is 16.1 Å². The average molecular weight is 410 g/mol. The van der Waals surface area contributed by atoms with E-state index in [1.54, 1.807) is 29.4 Å². The van der Waals surface area contributed by atoms with Gasteiger partial charge in [-0.1, -0.05) is 0 Å². The summed E-state index contributed by atoms with van der Waals surface area (Å²) in [4.78, 5) is 29.6. The Hall–Kier alpha value is -1.87. The fraction of sp³-hybridized carbons (Fsp3) is 0.684. The molecule has 1 aromatic rings. The first kappa shape index (κ1) is 19.4. The zero-order valence-electron chi connectivity index (χ0n) is 16.3. The molecule has 1 aromatic heterocycles. The van der Waals surface area contributed by atoms with E-state index in [0.717, 1.165) is 24.8 Å². The van der Waals surface area contributed by atoms with Gasteiger partial charge in [0.2, 0.25) is 21.8 Å². The first-order valence-electron chi connectivity index (χ1n) is 9.78. The predicted octanol–water partition coefficient (Wildman–Crippen LogP) is 0.899. The second-order valence-corrected chi connectivity index (χ2v) is 10.3. The van der Waals surface area contributed by atoms with Crippen molar-refractivity contribution in [1.82, 2.24) is 14.1 Å². The highest BCUT2D eigenvalue weighted by molar-refractivity contribution is 7.88. The van der Waals surface area contributed by atoms with Crippen LogP contribution in [0.15, 0.2) is 23.0 Å². The fourth-order valence-electron chi connectivity index (χ4n) is 5.16. The topological polar surface area (TPSA) is 91.1 Å². The van der Waals surface area contributed by atoms with Gasteiger partial charge in [0, 0.05) is 50.6 Å². The molecule has 28 heavy (non-hydrogen) atoms. The van der Waals surface area contributed by atoms with Crippen molar-refractivity contribution in [3.05, 3.63) is 24.2 Å². The molecule has 2 bridgehead atoms. The van der Waals surface area contributed by atoms with Crippen molar-refractivity contribution in [2.45, 2.75) is 44.3 Å². The molecule has 0 aliphatic carbocycles. The summed E-state index contributed by atoms with van der Waals surface area (Å²) in [7, 11) is -1.61. The van der Waals surface area contributed by atoms with Gasteiger partial charge in [-0.3, -0.25) is 9.59 Å². The van der Waals surface area contributed by atoms with Crippen molar-refractivity contribution in [3.8, 4) is 0 Å². The van der Waals surface area contributed by atoms with E-state index >= 15 is 0 Å². The summed E-state index contributed by atoms with van der Waals surface area (Å²) in [6, 6.07) is 1.15. The van der Waals surface area contributed by atoms with Crippen LogP contribution in [0, 0.1) is 11.8 Å². The maximum Gasteiger partial charge on any atom is 0.245 e. The quantitative estimate of drug-likeness (QED) is 0.737. The second-order valence-electron chi connectivity index (χ2n) is 8.37. The van der Waals surface area contributed by atoms with Gasteiger partial charge in [-0.15, -0.1) is 0 Å². The van der Waals surface area contributed by atoms with Crippen LogP contribution in [0.3, 0.4) is 0 Å². The Labute approximate surface area is 165 Å². The number of amides is 2. The van der Waals surface area contributed by atoms with Crippen LogP contribution in [0.25, 0.3) is 0 Å². The van der Waals surface area contributed by atoms with E-state index in [1.165, 1.54) is 10.6 Å². The highest BCUT2D eigenvalue weighted by Crippen LogP contribution is 2.42. The molecule has 154 valence electrons. The monoisotopic (exact) mass is 409 g/mol. The lowest BCUT2D eigenvalue weighted by Crippen LogP contribution is -2.68. The van der Waals surface area contributed by atoms with Crippen LogP contribution in [0.2, 0.25) is 0 Å². The van der Waals surface area contributed by atoms with Gasteiger partial charge in [-0.2, -0.15) is 0 Å². The lowest BCUT2D eigenvalue weighted by Gasteiger charge is -2.55. The standard InChI is InChI=1S/C19H27N3O5S/c1-20(9-13-6-7-27-12-13)19(24)18-15-8-14(10-21(11-15)28(2,25)26)16-4-3-5-17(23)22(16)18/h6-7,12,14-16,18H,3-5,8-11H2,1-2H3/t14-,15+,16-,18+/m0/s1. The molecule has 0 spiro atoms. The third-order valence-electron chi connectivity index (χ3n) is 6.41. The Morgan fingerprint density at radius 2 is 2.07 bits per heavy atom. The Kier molecular flexibility index (Phi) is 4.99. The van der Waals surface area contributed by atoms with Gasteiger partial charge < -0.3 is 14.2 Å². The maximum absolute atomic E-state index is 13.4. The molecule has 3 aliphatic rings. The number of sulfonamides is 1. The number of carbonyl (C=O) groups is 2. The molecule has 0 saturated carbocycles. The molecule has 3 fully saturated rings. The van der Waals surface area contributed by atoms with Crippen LogP contribution < -0.4 is 0 Å². The van der Waals surface area contributed by atoms with Gasteiger partial charge in [-0.25, -0.2) is 12.7 Å². The molecular formula is C19H27N3O5S. The van der Waals surface area contributed by atoms with Crippen LogP contribution in [0.4, 0.5) is 0 Å². The molecule has 0 aromatic carbocycles. The van der Waals surface area contributed by atoms with Gasteiger partial charge in [0.05, 0.1) is 18.8 Å². The summed E-state index contributed by atoms with van der Waals surface area (Å²) in [6.07, 6.45) is 7.26. The summed E-state index contributed by atoms with van der Waals surface area (Å²) in [5.41, 5.74) is 0.882. The normalized spacial score (nSPS) is 30.8. The Balaban J connectivity index is 1.64. The number of likely N-dealkylation sites (N-methyl/N-ethyl adjacent to an activating group) is 1. The number of piperidine rings is 3. The van der Waals surface area contributed by atoms with Gasteiger partial charge in [0.25, 0.3) is 0 Å². The van der Waals surface area contributed by atoms with Crippen LogP contribution in [0.1, 0.15) is 31.2 Å². The van der Waals surface area contributed by atoms with Gasteiger partial charge in [0.1, 0.15) is 6.04 Å². The number of furan rings is 1. The van der Waals surface area contributed by atoms with E-state index in [9.17, 15) is 18.0 Å². The van der Waals surface area contributed by atoms with Crippen molar-refractivity contribution < 1.29 is 22.4 Å². The Morgan fingerprint density at radius 1 is 1.32 bits per heavy atom. The summed E-state index contributed by atoms with van der Waals surface area (Å²) in [5, 5.41) is 0. The molecule has 4 rings (SSSR count). The third-order valence-corrected chi connectivity index (χ3v) is 7.64. The fourth-order valence-corrected chi connectivity index (χ4v) is 6.09. The minimum atomic E-state index is -3.34. The van der Waals surface area contributed by atoms with Crippen molar-refractivity contribution in [1.29, 1.82) is 0 Å². The number of carbonyl (C=O) groups excluding carboxylic acids is 2. The Morgan fingerprint density at radius 3 is 2.75 bits per heavy atom. The molecule has 8 nitrogen and oxygen atoms in total. The highest BCUT2D eigenvalue weighted by Gasteiger charge is 2.53. The zero-order valence-corrected chi connectivity index (χ0v) is 17.1. The molecule has 0 N–H and O–H groups in total. The average Bonchev–Trinajstić information content (AvgIpc) is 3.14. The zero-order chi connectivity index (χ0) is 20.1. The lowest BCUT2D eigenvalue weighted by molar-refractivity contribution is -0.163. The Bertz CT molecular complexity index is 853. The van der Waals surface area contributed by atoms with E-state index in [-0.39, 0.29) is 29.7 Å². The molecule has 4 atom stereocenters. The van der Waals surface area contributed by atoms with Gasteiger partial charge in [0.15, 0.2) is 0 Å². The molecular weight excluding hydrogens is 382 g/mol. The largest absolute Gasteiger partial charge is 0.472 e. The van der Waals surface area contributed by atoms with E-state index in [4.69, 9.17) is 4.42 Å². The summed E-state index contributed by atoms with van der Waals surface area (Å²) in [6.45, 7) is 1.13. The maximum atomic E-state index is 13.4. The van der Waals surface area contributed by atoms with Crippen molar-refractivity contribution in [2.24, 2.45) is 11.8 Å². The first-order chi connectivity index (χ1) is 13.3. The molecule has 3 aliphatic heterocycles. The highest BCUT2D eigenvalue weighted by atomic mass is 32.2. The van der Waals surface area contributed by atoms with Crippen molar-refractivity contribution >= 4 is 21.8 Å². The number of fused-ring (bicyclic) bond motifs is 4. The van der Waals surface area contributed by atoms with E-state index in [1.807, 2.05) is 6.07 Å². The van der Waals surface area contributed by atoms with E-state index in [0.29, 0.717) is 26.1 Å². The van der Waals surface area contributed by atoms with Crippen molar-refractivity contribution in [3.63, 3.8) is 0 Å². The SMILES string of the molecule is CN(Cc1ccoc1)C(=O)[C@H]1[C@@H]2C[C@@H](CN(S(C)(=O)=O)C2)[C@@H]2CCCC(=O)N21. The minimum absolute atomic E-state index is 0.0221. The number of rotatable bonds is 4. The summed E-state index contributed by atoms with van der Waals surface area (Å²) >= 11 is 0. The third kappa shape index (κ3) is 3.45. The molecule has 4 heterocycles. The number of hydrogen-bond donors (Lipinski definition) is 0. The summed E-state index contributed by atoms with van der Waals surface area (Å²) in [5.74, 6) is -0.180. The second kappa shape index (κ2) is 7.18. The van der Waals surface area contributed by atoms with Crippen LogP contribution in [0.5, 0.6) is 0 Å². The van der Waals surface area contributed by atoms with Gasteiger partial charge >= 0.3 is 0 Å². The predicted molar refractivity (Wildman–Crippen MR) is 101 cm³/mol. The van der Waals surface area contributed by atoms with Crippen LogP contribution in [-0.4, -0.2) is 72.8 Å². The minimum Gasteiger partial charge on any atom is -0.472 e. The molecule has 2 amide bonds. The van der Waals surface area contributed by atoms with Crippen molar-refractivity contribution in [2.75, 3.05) is 26.4 Å². The van der Waals surface area contributed by atoms with E-state index in [2.05, 4.69) is 0 Å². The number of nitrogens with zero attached hydrogens (tertiary/aromatic N) is 3. The molecule has 9 heteroatoms. The number of hydrogen-bond acceptors (Lipinski definition) is 5. The molecule has 3 saturated heterocycles. The van der Waals surface area contributed by atoms with Crippen LogP contribution in [-0.2, 0) is 26.2 Å². The smallest absolute Gasteiger partial charge is 0.245 e. The van der Waals surface area contributed by atoms with Gasteiger partial charge in [-0.05, 0) is 31.2 Å². The van der Waals surface area contributed by atoms with Crippen LogP contribution >= 0.6 is 0 Å². The molecule has 0 unspecified atom stereocenters.